The fourth-order valence-corrected chi connectivity index (χ4v) is 4.05. The first-order chi connectivity index (χ1) is 10.4. The first-order valence-corrected chi connectivity index (χ1v) is 12.7. The van der Waals surface area contributed by atoms with E-state index >= 15 is 0 Å². The van der Waals surface area contributed by atoms with Gasteiger partial charge in [-0.05, 0) is 43.7 Å². The molecule has 118 valence electrons. The molecule has 0 heterocycles. The number of thioether (sulfide) groups is 1. The van der Waals surface area contributed by atoms with Crippen LogP contribution in [0.5, 0.6) is 0 Å². The number of aliphatic imine (C=N–C) groups is 1. The van der Waals surface area contributed by atoms with Crippen molar-refractivity contribution < 1.29 is 0 Å². The minimum absolute atomic E-state index is 0.863. The lowest BCUT2D eigenvalue weighted by Crippen LogP contribution is -2.17. The summed E-state index contributed by atoms with van der Waals surface area (Å²) < 4.78 is 0. The van der Waals surface area contributed by atoms with Gasteiger partial charge < -0.3 is 0 Å². The van der Waals surface area contributed by atoms with Crippen molar-refractivity contribution >= 4 is 30.6 Å². The molecule has 0 atom stereocenters. The average molecular weight is 330 g/mol. The van der Waals surface area contributed by atoms with Crippen LogP contribution in [-0.2, 0) is 0 Å². The molecule has 2 rings (SSSR count). The van der Waals surface area contributed by atoms with Gasteiger partial charge in [0, 0.05) is 5.75 Å². The normalized spacial score (nSPS) is 16.5. The molecule has 0 N–H and O–H groups in total. The molecule has 1 aromatic rings. The standard InChI is InChI=1S/C19H27NSSi/c1-16-9-11-18(12-10-16)20-19(13-14-22(2,3)4)21-15-17-7-5-6-8-17/h9-12,17H,5-8,15H2,1-4H3. The van der Waals surface area contributed by atoms with Crippen molar-refractivity contribution in [2.45, 2.75) is 52.2 Å². The minimum atomic E-state index is -1.36. The monoisotopic (exact) mass is 329 g/mol. The van der Waals surface area contributed by atoms with Crippen LogP contribution in [0, 0.1) is 24.3 Å². The predicted octanol–water partition coefficient (Wildman–Crippen LogP) is 5.83. The van der Waals surface area contributed by atoms with Gasteiger partial charge in [-0.2, -0.15) is 0 Å². The van der Waals surface area contributed by atoms with Gasteiger partial charge in [0.1, 0.15) is 13.1 Å². The van der Waals surface area contributed by atoms with Crippen LogP contribution < -0.4 is 0 Å². The summed E-state index contributed by atoms with van der Waals surface area (Å²) in [6, 6.07) is 8.40. The minimum Gasteiger partial charge on any atom is -0.233 e. The summed E-state index contributed by atoms with van der Waals surface area (Å²) >= 11 is 1.86. The molecule has 1 saturated carbocycles. The van der Waals surface area contributed by atoms with Gasteiger partial charge in [0.25, 0.3) is 0 Å². The Morgan fingerprint density at radius 3 is 2.41 bits per heavy atom. The van der Waals surface area contributed by atoms with Crippen molar-refractivity contribution in [1.82, 2.24) is 0 Å². The van der Waals surface area contributed by atoms with Crippen molar-refractivity contribution in [3.63, 3.8) is 0 Å². The van der Waals surface area contributed by atoms with Gasteiger partial charge >= 0.3 is 0 Å². The smallest absolute Gasteiger partial charge is 0.146 e. The van der Waals surface area contributed by atoms with Crippen LogP contribution in [0.4, 0.5) is 5.69 Å². The van der Waals surface area contributed by atoms with Gasteiger partial charge in [-0.1, -0.05) is 61.9 Å². The number of hydrogen-bond acceptors (Lipinski definition) is 2. The molecule has 1 aromatic carbocycles. The van der Waals surface area contributed by atoms with Crippen LogP contribution in [0.25, 0.3) is 0 Å². The van der Waals surface area contributed by atoms with Crippen LogP contribution in [-0.4, -0.2) is 18.9 Å². The van der Waals surface area contributed by atoms with Gasteiger partial charge in [-0.15, -0.1) is 5.54 Å². The van der Waals surface area contributed by atoms with E-state index < -0.39 is 8.07 Å². The molecule has 0 saturated heterocycles. The fourth-order valence-electron chi connectivity index (χ4n) is 2.45. The van der Waals surface area contributed by atoms with E-state index in [2.05, 4.69) is 62.3 Å². The Hall–Kier alpha value is -0.983. The lowest BCUT2D eigenvalue weighted by molar-refractivity contribution is 0.624. The van der Waals surface area contributed by atoms with Crippen molar-refractivity contribution in [2.24, 2.45) is 10.9 Å². The van der Waals surface area contributed by atoms with Gasteiger partial charge in [0.05, 0.1) is 5.69 Å². The molecule has 0 amide bonds. The Morgan fingerprint density at radius 2 is 1.82 bits per heavy atom. The molecule has 0 unspecified atom stereocenters. The summed E-state index contributed by atoms with van der Waals surface area (Å²) in [5, 5.41) is 0.998. The van der Waals surface area contributed by atoms with E-state index in [1.54, 1.807) is 0 Å². The highest BCUT2D eigenvalue weighted by atomic mass is 32.2. The molecular formula is C19H27NSSi. The summed E-state index contributed by atoms with van der Waals surface area (Å²) in [6.07, 6.45) is 5.56. The second-order valence-electron chi connectivity index (χ2n) is 7.21. The zero-order valence-electron chi connectivity index (χ0n) is 14.3. The summed E-state index contributed by atoms with van der Waals surface area (Å²) in [5.41, 5.74) is 5.75. The van der Waals surface area contributed by atoms with E-state index in [1.807, 2.05) is 11.8 Å². The lowest BCUT2D eigenvalue weighted by Gasteiger charge is -2.08. The van der Waals surface area contributed by atoms with Gasteiger partial charge in [-0.3, -0.25) is 0 Å². The topological polar surface area (TPSA) is 12.4 Å². The molecule has 0 aliphatic heterocycles. The Bertz CT molecular complexity index is 566. The molecule has 1 aliphatic carbocycles. The first kappa shape index (κ1) is 17.4. The summed E-state index contributed by atoms with van der Waals surface area (Å²) in [5.74, 6) is 5.41. The lowest BCUT2D eigenvalue weighted by atomic mass is 10.1. The maximum absolute atomic E-state index is 4.79. The average Bonchev–Trinajstić information content (AvgIpc) is 2.96. The zero-order chi connectivity index (χ0) is 16.0. The number of rotatable bonds is 3. The van der Waals surface area contributed by atoms with Crippen molar-refractivity contribution in [3.8, 4) is 11.5 Å². The first-order valence-electron chi connectivity index (χ1n) is 8.24. The fraction of sp³-hybridized carbons (Fsp3) is 0.526. The highest BCUT2D eigenvalue weighted by Gasteiger charge is 2.16. The molecule has 0 radical (unpaired) electrons. The number of hydrogen-bond donors (Lipinski definition) is 0. The van der Waals surface area contributed by atoms with E-state index in [0.29, 0.717) is 0 Å². The molecule has 0 spiro atoms. The second-order valence-corrected chi connectivity index (χ2v) is 13.0. The van der Waals surface area contributed by atoms with E-state index in [1.165, 1.54) is 37.0 Å². The molecule has 0 aromatic heterocycles. The van der Waals surface area contributed by atoms with Crippen molar-refractivity contribution in [3.05, 3.63) is 29.8 Å². The predicted molar refractivity (Wildman–Crippen MR) is 104 cm³/mol. The molecule has 1 fully saturated rings. The van der Waals surface area contributed by atoms with Gasteiger partial charge in [0.2, 0.25) is 0 Å². The summed E-state index contributed by atoms with van der Waals surface area (Å²) in [6.45, 7) is 8.95. The van der Waals surface area contributed by atoms with Gasteiger partial charge in [-0.25, -0.2) is 4.99 Å². The van der Waals surface area contributed by atoms with E-state index in [-0.39, 0.29) is 0 Å². The third kappa shape index (κ3) is 6.42. The van der Waals surface area contributed by atoms with Crippen LogP contribution in [0.3, 0.4) is 0 Å². The molecule has 0 bridgehead atoms. The van der Waals surface area contributed by atoms with E-state index in [4.69, 9.17) is 4.99 Å². The number of benzene rings is 1. The van der Waals surface area contributed by atoms with Crippen LogP contribution >= 0.6 is 11.8 Å². The Labute approximate surface area is 141 Å². The summed E-state index contributed by atoms with van der Waals surface area (Å²) in [7, 11) is -1.36. The summed E-state index contributed by atoms with van der Waals surface area (Å²) in [4.78, 5) is 4.79. The van der Waals surface area contributed by atoms with Crippen molar-refractivity contribution in [2.75, 3.05) is 5.75 Å². The van der Waals surface area contributed by atoms with Crippen LogP contribution in [0.15, 0.2) is 29.3 Å². The molecular weight excluding hydrogens is 302 g/mol. The van der Waals surface area contributed by atoms with E-state index in [0.717, 1.165) is 16.6 Å². The third-order valence-corrected chi connectivity index (χ3v) is 5.72. The quantitative estimate of drug-likeness (QED) is 0.294. The van der Waals surface area contributed by atoms with Crippen molar-refractivity contribution in [1.29, 1.82) is 0 Å². The highest BCUT2D eigenvalue weighted by Crippen LogP contribution is 2.29. The van der Waals surface area contributed by atoms with E-state index in [9.17, 15) is 0 Å². The number of nitrogens with zero attached hydrogens (tertiary/aromatic N) is 1. The number of aryl methyl sites for hydroxylation is 1. The Kier molecular flexibility index (Phi) is 6.34. The third-order valence-electron chi connectivity index (χ3n) is 3.74. The maximum Gasteiger partial charge on any atom is 0.146 e. The Balaban J connectivity index is 2.11. The SMILES string of the molecule is Cc1ccc(N=C(C#C[Si](C)(C)C)SCC2CCCC2)cc1. The largest absolute Gasteiger partial charge is 0.233 e. The van der Waals surface area contributed by atoms with Crippen LogP contribution in [0.2, 0.25) is 19.6 Å². The second kappa shape index (κ2) is 8.03. The molecule has 3 heteroatoms. The molecule has 1 aliphatic rings. The zero-order valence-corrected chi connectivity index (χ0v) is 16.1. The van der Waals surface area contributed by atoms with Crippen LogP contribution in [0.1, 0.15) is 31.2 Å². The molecule has 22 heavy (non-hydrogen) atoms. The maximum atomic E-state index is 4.79. The molecule has 1 nitrogen and oxygen atoms in total. The Morgan fingerprint density at radius 1 is 1.18 bits per heavy atom. The highest BCUT2D eigenvalue weighted by molar-refractivity contribution is 8.14. The van der Waals surface area contributed by atoms with Gasteiger partial charge in [0.15, 0.2) is 0 Å².